The molecule has 2 aromatic carbocycles. The topological polar surface area (TPSA) is 49.7 Å². The van der Waals surface area contributed by atoms with Crippen LogP contribution in [-0.2, 0) is 15.6 Å². The van der Waals surface area contributed by atoms with Gasteiger partial charge in [0.2, 0.25) is 0 Å². The smallest absolute Gasteiger partial charge is 0.164 e. The van der Waals surface area contributed by atoms with Gasteiger partial charge < -0.3 is 4.90 Å². The molecule has 1 fully saturated rings. The van der Waals surface area contributed by atoms with E-state index in [2.05, 4.69) is 17.0 Å². The zero-order valence-corrected chi connectivity index (χ0v) is 15.8. The Labute approximate surface area is 156 Å². The van der Waals surface area contributed by atoms with Gasteiger partial charge in [0.15, 0.2) is 15.0 Å². The molecule has 1 saturated heterocycles. The fourth-order valence-corrected chi connectivity index (χ4v) is 6.31. The van der Waals surface area contributed by atoms with Gasteiger partial charge in [-0.15, -0.1) is 0 Å². The summed E-state index contributed by atoms with van der Waals surface area (Å²) in [6.07, 6.45) is 0. The van der Waals surface area contributed by atoms with Crippen LogP contribution in [0.4, 0.5) is 5.69 Å². The lowest BCUT2D eigenvalue weighted by Crippen LogP contribution is -2.39. The molecule has 0 radical (unpaired) electrons. The zero-order valence-electron chi connectivity index (χ0n) is 13.4. The van der Waals surface area contributed by atoms with E-state index in [4.69, 9.17) is 16.6 Å². The van der Waals surface area contributed by atoms with Crippen LogP contribution in [0.1, 0.15) is 5.56 Å². The minimum absolute atomic E-state index is 0.121. The molecule has 130 valence electrons. The van der Waals surface area contributed by atoms with Gasteiger partial charge in [0.05, 0.1) is 23.6 Å². The van der Waals surface area contributed by atoms with Gasteiger partial charge in [-0.1, -0.05) is 53.7 Å². The van der Waals surface area contributed by atoms with E-state index in [9.17, 15) is 8.42 Å². The highest BCUT2D eigenvalue weighted by atomic mass is 35.5. The third-order valence-corrected chi connectivity index (χ3v) is 7.41. The molecule has 2 atom stereocenters. The standard InChI is InChI=1S/C18H17ClN2O2S2/c19-14-6-8-15(9-7-14)21-17-12-25(22,23)11-16(17)20-18(21)24-10-13-4-2-1-3-5-13/h1-9,16-17H,10-12H2. The van der Waals surface area contributed by atoms with Gasteiger partial charge in [-0.05, 0) is 29.8 Å². The number of nitrogens with zero attached hydrogens (tertiary/aromatic N) is 2. The third-order valence-electron chi connectivity index (χ3n) is 4.42. The summed E-state index contributed by atoms with van der Waals surface area (Å²) in [6.45, 7) is 0. The Kier molecular flexibility index (Phi) is 4.52. The van der Waals surface area contributed by atoms with Crippen LogP contribution >= 0.6 is 23.4 Å². The lowest BCUT2D eigenvalue weighted by molar-refractivity contribution is 0.601. The van der Waals surface area contributed by atoms with Crippen LogP contribution in [-0.4, -0.2) is 37.2 Å². The second kappa shape index (κ2) is 6.67. The van der Waals surface area contributed by atoms with Crippen LogP contribution in [0.3, 0.4) is 0 Å². The summed E-state index contributed by atoms with van der Waals surface area (Å²) in [7, 11) is -3.03. The number of rotatable bonds is 3. The summed E-state index contributed by atoms with van der Waals surface area (Å²) in [5.74, 6) is 1.09. The van der Waals surface area contributed by atoms with Gasteiger partial charge in [0, 0.05) is 16.5 Å². The molecule has 25 heavy (non-hydrogen) atoms. The largest absolute Gasteiger partial charge is 0.315 e. The van der Waals surface area contributed by atoms with Crippen molar-refractivity contribution < 1.29 is 8.42 Å². The van der Waals surface area contributed by atoms with Crippen LogP contribution in [0, 0.1) is 0 Å². The number of thioether (sulfide) groups is 1. The predicted molar refractivity (Wildman–Crippen MR) is 105 cm³/mol. The fraction of sp³-hybridized carbons (Fsp3) is 0.278. The van der Waals surface area contributed by atoms with Crippen LogP contribution in [0.15, 0.2) is 59.6 Å². The number of hydrogen-bond donors (Lipinski definition) is 0. The van der Waals surface area contributed by atoms with Crippen molar-refractivity contribution in [3.63, 3.8) is 0 Å². The first-order valence-corrected chi connectivity index (χ1v) is 11.2. The molecule has 2 aromatic rings. The van der Waals surface area contributed by atoms with E-state index in [1.54, 1.807) is 11.8 Å². The number of anilines is 1. The van der Waals surface area contributed by atoms with Gasteiger partial charge in [-0.3, -0.25) is 4.99 Å². The van der Waals surface area contributed by atoms with Crippen molar-refractivity contribution in [2.45, 2.75) is 17.8 Å². The molecular formula is C18H17ClN2O2S2. The first-order valence-electron chi connectivity index (χ1n) is 8.02. The maximum Gasteiger partial charge on any atom is 0.164 e. The summed E-state index contributed by atoms with van der Waals surface area (Å²) < 4.78 is 24.1. The van der Waals surface area contributed by atoms with E-state index in [0.29, 0.717) is 5.02 Å². The highest BCUT2D eigenvalue weighted by Gasteiger charge is 2.47. The maximum absolute atomic E-state index is 12.0. The number of fused-ring (bicyclic) bond motifs is 1. The van der Waals surface area contributed by atoms with Crippen LogP contribution < -0.4 is 4.90 Å². The van der Waals surface area contributed by atoms with Crippen LogP contribution in [0.5, 0.6) is 0 Å². The molecule has 2 heterocycles. The average molecular weight is 393 g/mol. The van der Waals surface area contributed by atoms with E-state index >= 15 is 0 Å². The lowest BCUT2D eigenvalue weighted by Gasteiger charge is -2.26. The Bertz CT molecular complexity index is 898. The van der Waals surface area contributed by atoms with Crippen LogP contribution in [0.2, 0.25) is 5.02 Å². The van der Waals surface area contributed by atoms with E-state index < -0.39 is 9.84 Å². The van der Waals surface area contributed by atoms with Crippen molar-refractivity contribution in [2.75, 3.05) is 16.4 Å². The molecular weight excluding hydrogens is 376 g/mol. The molecule has 4 rings (SSSR count). The van der Waals surface area contributed by atoms with Gasteiger partial charge in [0.25, 0.3) is 0 Å². The molecule has 2 unspecified atom stereocenters. The van der Waals surface area contributed by atoms with Crippen molar-refractivity contribution in [3.05, 3.63) is 65.2 Å². The molecule has 0 aliphatic carbocycles. The molecule has 0 amide bonds. The van der Waals surface area contributed by atoms with Crippen molar-refractivity contribution in [2.24, 2.45) is 4.99 Å². The number of hydrogen-bond acceptors (Lipinski definition) is 5. The monoisotopic (exact) mass is 392 g/mol. The molecule has 4 nitrogen and oxygen atoms in total. The van der Waals surface area contributed by atoms with Crippen molar-refractivity contribution in [3.8, 4) is 0 Å². The molecule has 2 aliphatic heterocycles. The Morgan fingerprint density at radius 2 is 1.80 bits per heavy atom. The summed E-state index contributed by atoms with van der Waals surface area (Å²) in [5.41, 5.74) is 2.16. The van der Waals surface area contributed by atoms with E-state index in [0.717, 1.165) is 16.6 Å². The summed E-state index contributed by atoms with van der Waals surface area (Å²) in [5, 5.41) is 1.55. The first-order chi connectivity index (χ1) is 12.0. The minimum atomic E-state index is -3.03. The van der Waals surface area contributed by atoms with Gasteiger partial charge in [-0.25, -0.2) is 8.42 Å². The Morgan fingerprint density at radius 1 is 1.08 bits per heavy atom. The molecule has 0 aromatic heterocycles. The number of amidine groups is 1. The van der Waals surface area contributed by atoms with Crippen LogP contribution in [0.25, 0.3) is 0 Å². The average Bonchev–Trinajstić information content (AvgIpc) is 3.06. The number of benzene rings is 2. The second-order valence-electron chi connectivity index (χ2n) is 6.24. The SMILES string of the molecule is O=S1(=O)CC2N=C(SCc3ccccc3)N(c3ccc(Cl)cc3)C2C1. The maximum atomic E-state index is 12.0. The Balaban J connectivity index is 1.62. The fourth-order valence-electron chi connectivity index (χ4n) is 3.26. The van der Waals surface area contributed by atoms with Crippen molar-refractivity contribution in [1.82, 2.24) is 0 Å². The molecule has 0 N–H and O–H groups in total. The molecule has 2 aliphatic rings. The Hall–Kier alpha value is -1.50. The highest BCUT2D eigenvalue weighted by molar-refractivity contribution is 8.13. The number of sulfone groups is 1. The zero-order chi connectivity index (χ0) is 17.4. The first kappa shape index (κ1) is 16.9. The molecule has 0 saturated carbocycles. The normalized spacial score (nSPS) is 24.2. The van der Waals surface area contributed by atoms with Gasteiger partial charge in [0.1, 0.15) is 0 Å². The predicted octanol–water partition coefficient (Wildman–Crippen LogP) is 3.62. The summed E-state index contributed by atoms with van der Waals surface area (Å²) in [6, 6.07) is 17.4. The molecule has 0 bridgehead atoms. The van der Waals surface area contributed by atoms with E-state index in [1.807, 2.05) is 42.5 Å². The Morgan fingerprint density at radius 3 is 2.52 bits per heavy atom. The van der Waals surface area contributed by atoms with E-state index in [1.165, 1.54) is 5.56 Å². The van der Waals surface area contributed by atoms with Gasteiger partial charge >= 0.3 is 0 Å². The highest BCUT2D eigenvalue weighted by Crippen LogP contribution is 2.36. The number of halogens is 1. The molecule has 0 spiro atoms. The third kappa shape index (κ3) is 3.57. The molecule has 7 heteroatoms. The van der Waals surface area contributed by atoms with E-state index in [-0.39, 0.29) is 23.6 Å². The van der Waals surface area contributed by atoms with Crippen molar-refractivity contribution >= 4 is 44.1 Å². The van der Waals surface area contributed by atoms with Crippen molar-refractivity contribution in [1.29, 1.82) is 0 Å². The summed E-state index contributed by atoms with van der Waals surface area (Å²) in [4.78, 5) is 6.80. The minimum Gasteiger partial charge on any atom is -0.315 e. The van der Waals surface area contributed by atoms with Gasteiger partial charge in [-0.2, -0.15) is 0 Å². The summed E-state index contributed by atoms with van der Waals surface area (Å²) >= 11 is 7.65. The number of aliphatic imine (C=N–C) groups is 1. The second-order valence-corrected chi connectivity index (χ2v) is 9.78. The quantitative estimate of drug-likeness (QED) is 0.800. The lowest BCUT2D eigenvalue weighted by atomic mass is 10.1.